The smallest absolute Gasteiger partial charge is 0.325 e. The van der Waals surface area contributed by atoms with Crippen LogP contribution < -0.4 is 16.2 Å². The monoisotopic (exact) mass is 1060 g/mol. The minimum atomic E-state index is -0.830. The average molecular weight is 1070 g/mol. The lowest BCUT2D eigenvalue weighted by atomic mass is 9.76. The van der Waals surface area contributed by atoms with Crippen LogP contribution in [-0.4, -0.2) is 88.8 Å². The summed E-state index contributed by atoms with van der Waals surface area (Å²) in [6.07, 6.45) is 1.18. The molecule has 2 amide bonds. The van der Waals surface area contributed by atoms with E-state index in [1.54, 1.807) is 41.5 Å². The Morgan fingerprint density at radius 1 is 0.762 bits per heavy atom. The van der Waals surface area contributed by atoms with E-state index < -0.39 is 70.9 Å². The number of nitrogens with one attached hydrogen (secondary N) is 3. The number of esters is 2. The molecule has 3 aromatic rings. The number of amides is 2. The van der Waals surface area contributed by atoms with Gasteiger partial charge in [0.2, 0.25) is 0 Å². The van der Waals surface area contributed by atoms with Crippen LogP contribution in [0.25, 0.3) is 0 Å². The third-order valence-electron chi connectivity index (χ3n) is 9.27. The number of halogens is 3. The number of alkyl halides is 1. The first-order valence-corrected chi connectivity index (χ1v) is 22.7. The number of ketones is 1. The van der Waals surface area contributed by atoms with Gasteiger partial charge in [-0.1, -0.05) is 72.1 Å². The zero-order valence-electron chi connectivity index (χ0n) is 35.9. The van der Waals surface area contributed by atoms with E-state index >= 15 is 0 Å². The Hall–Kier alpha value is -4.62. The van der Waals surface area contributed by atoms with Crippen molar-refractivity contribution >= 4 is 77.3 Å². The minimum absolute atomic E-state index is 0.179. The number of aromatic amines is 1. The fourth-order valence-electron chi connectivity index (χ4n) is 6.52. The molecule has 18 heteroatoms. The van der Waals surface area contributed by atoms with Crippen molar-refractivity contribution < 1.29 is 53.1 Å². The van der Waals surface area contributed by atoms with E-state index in [9.17, 15) is 39.0 Å². The van der Waals surface area contributed by atoms with Gasteiger partial charge < -0.3 is 44.8 Å². The van der Waals surface area contributed by atoms with Crippen LogP contribution in [-0.2, 0) is 62.9 Å². The quantitative estimate of drug-likeness (QED) is 0.0855. The number of aromatic nitrogens is 1. The molecule has 0 fully saturated rings. The van der Waals surface area contributed by atoms with Gasteiger partial charge in [-0.3, -0.25) is 28.8 Å². The Morgan fingerprint density at radius 2 is 1.27 bits per heavy atom. The molecule has 0 bridgehead atoms. The number of aliphatic hydroxyl groups excluding tert-OH is 1. The van der Waals surface area contributed by atoms with Crippen molar-refractivity contribution in [2.24, 2.45) is 5.92 Å². The molecule has 3 aliphatic rings. The molecule has 2 aromatic carbocycles. The Balaban J connectivity index is 0.000000237. The van der Waals surface area contributed by atoms with Crippen LogP contribution in [0.5, 0.6) is 5.75 Å². The highest BCUT2D eigenvalue weighted by atomic mass is 79.9. The summed E-state index contributed by atoms with van der Waals surface area (Å²) in [6.45, 7) is 10.7. The highest BCUT2D eigenvalue weighted by Gasteiger charge is 2.40. The lowest BCUT2D eigenvalue weighted by molar-refractivity contribution is -0.155. The summed E-state index contributed by atoms with van der Waals surface area (Å²) in [5, 5.41) is 26.6. The third-order valence-corrected chi connectivity index (χ3v) is 11.0. The van der Waals surface area contributed by atoms with Crippen molar-refractivity contribution in [3.63, 3.8) is 0 Å². The van der Waals surface area contributed by atoms with Gasteiger partial charge >= 0.3 is 11.9 Å². The summed E-state index contributed by atoms with van der Waals surface area (Å²) in [4.78, 5) is 76.2. The summed E-state index contributed by atoms with van der Waals surface area (Å²) >= 11 is 10.1. The van der Waals surface area contributed by atoms with E-state index in [4.69, 9.17) is 18.9 Å². The molecule has 6 rings (SSSR count). The number of benzene rings is 2. The van der Waals surface area contributed by atoms with E-state index in [0.29, 0.717) is 54.9 Å². The standard InChI is InChI=1S/C23H26BrNO6.C15H20N2O6.C7H6Br2/c1-23(2,3)31-18(26)11-25-22(29)19-20(27)15-8-9-30-12-17(15)16(21(19)28)10-13-4-6-14(24)7-5-13;1-15(2,3)23-10(18)6-16-13(20)11-12(19)8-4-5-22-7-9(8)17-14(11)21;8-5-6-1-3-7(9)4-2-6/h4-7,16,27H,8-12H2,1-3H3,(H,25,29);4-7H2,1-3H3,(H,16,20)(H2,17,19,21);1-4H,5H2. The fourth-order valence-corrected chi connectivity index (χ4v) is 7.42. The number of aromatic hydroxyl groups is 1. The molecule has 3 heterocycles. The molecule has 0 spiro atoms. The molecular weight excluding hydrogens is 1010 g/mol. The van der Waals surface area contributed by atoms with Crippen molar-refractivity contribution in [2.75, 3.05) is 32.9 Å². The molecule has 1 unspecified atom stereocenters. The zero-order valence-corrected chi connectivity index (χ0v) is 40.6. The molecule has 0 radical (unpaired) electrons. The normalized spacial score (nSPS) is 16.0. The lowest BCUT2D eigenvalue weighted by Gasteiger charge is -2.31. The van der Waals surface area contributed by atoms with Crippen molar-refractivity contribution in [1.82, 2.24) is 15.6 Å². The molecule has 5 N–H and O–H groups in total. The molecular formula is C45H52Br3N3O12. The maximum atomic E-state index is 13.3. The van der Waals surface area contributed by atoms with Crippen molar-refractivity contribution in [3.8, 4) is 5.75 Å². The number of pyridine rings is 1. The second-order valence-corrected chi connectivity index (χ2v) is 18.9. The van der Waals surface area contributed by atoms with Crippen LogP contribution in [0.15, 0.2) is 84.7 Å². The molecule has 63 heavy (non-hydrogen) atoms. The van der Waals surface area contributed by atoms with Gasteiger partial charge in [0.15, 0.2) is 5.78 Å². The number of hydrogen-bond donors (Lipinski definition) is 5. The number of hydrogen-bond acceptors (Lipinski definition) is 12. The molecule has 1 atom stereocenters. The molecule has 1 aromatic heterocycles. The van der Waals surface area contributed by atoms with E-state index in [1.165, 1.54) is 5.56 Å². The summed E-state index contributed by atoms with van der Waals surface area (Å²) in [5.41, 5.74) is 1.65. The van der Waals surface area contributed by atoms with E-state index in [0.717, 1.165) is 19.8 Å². The van der Waals surface area contributed by atoms with Gasteiger partial charge in [-0.2, -0.15) is 0 Å². The summed E-state index contributed by atoms with van der Waals surface area (Å²) < 4.78 is 23.0. The lowest BCUT2D eigenvalue weighted by Crippen LogP contribution is -2.41. The first kappa shape index (κ1) is 51.0. The zero-order chi connectivity index (χ0) is 46.6. The highest BCUT2D eigenvalue weighted by molar-refractivity contribution is 9.10. The second-order valence-electron chi connectivity index (χ2n) is 16.5. The van der Waals surface area contributed by atoms with Crippen LogP contribution in [0.3, 0.4) is 0 Å². The number of fused-ring (bicyclic) bond motifs is 1. The topological polar surface area (TPSA) is 220 Å². The SMILES string of the molecule is BrCc1ccc(Br)cc1.CC(C)(C)OC(=O)CNC(=O)C1=C(O)C2=C(COCC2)C(Cc2ccc(Br)cc2)C1=O.CC(C)(C)OC(=O)CNC(=O)c1c(O)c2c([nH]c1=O)COCC2. The number of carbonyl (C=O) groups excluding carboxylic acids is 5. The van der Waals surface area contributed by atoms with Gasteiger partial charge in [0, 0.05) is 26.3 Å². The van der Waals surface area contributed by atoms with E-state index in [1.807, 2.05) is 36.4 Å². The summed E-state index contributed by atoms with van der Waals surface area (Å²) in [7, 11) is 0. The van der Waals surface area contributed by atoms with Gasteiger partial charge in [0.1, 0.15) is 46.9 Å². The predicted octanol–water partition coefficient (Wildman–Crippen LogP) is 6.75. The molecule has 0 saturated heterocycles. The van der Waals surface area contributed by atoms with E-state index in [-0.39, 0.29) is 30.3 Å². The van der Waals surface area contributed by atoms with Gasteiger partial charge in [-0.25, -0.2) is 0 Å². The van der Waals surface area contributed by atoms with Crippen molar-refractivity contribution in [3.05, 3.63) is 118 Å². The van der Waals surface area contributed by atoms with Crippen LogP contribution in [0.2, 0.25) is 0 Å². The summed E-state index contributed by atoms with van der Waals surface area (Å²) in [5.74, 6) is -4.65. The number of ether oxygens (including phenoxy) is 4. The largest absolute Gasteiger partial charge is 0.507 e. The number of H-pyrrole nitrogens is 1. The Labute approximate surface area is 390 Å². The number of allylic oxidation sites excluding steroid dienone is 1. The van der Waals surface area contributed by atoms with Crippen LogP contribution in [0.1, 0.15) is 80.7 Å². The van der Waals surface area contributed by atoms with Gasteiger partial charge in [0.25, 0.3) is 17.4 Å². The van der Waals surface area contributed by atoms with Crippen molar-refractivity contribution in [1.29, 1.82) is 0 Å². The Morgan fingerprint density at radius 3 is 1.81 bits per heavy atom. The number of aliphatic hydroxyl groups is 1. The van der Waals surface area contributed by atoms with Crippen LogP contribution in [0, 0.1) is 5.92 Å². The Bertz CT molecular complexity index is 2290. The van der Waals surface area contributed by atoms with Gasteiger partial charge in [-0.05, 0) is 101 Å². The average Bonchev–Trinajstić information content (AvgIpc) is 3.21. The second kappa shape index (κ2) is 22.8. The molecule has 2 aliphatic heterocycles. The van der Waals surface area contributed by atoms with Crippen LogP contribution >= 0.6 is 47.8 Å². The molecule has 15 nitrogen and oxygen atoms in total. The summed E-state index contributed by atoms with van der Waals surface area (Å²) in [6, 6.07) is 15.8. The van der Waals surface area contributed by atoms with Crippen LogP contribution in [0.4, 0.5) is 0 Å². The van der Waals surface area contributed by atoms with Crippen molar-refractivity contribution in [2.45, 2.75) is 83.9 Å². The minimum Gasteiger partial charge on any atom is -0.507 e. The Kier molecular flexibility index (Phi) is 18.5. The molecule has 340 valence electrons. The third kappa shape index (κ3) is 15.3. The number of Topliss-reactive ketones (excluding diaryl/α,β-unsaturated/α-hetero) is 1. The molecule has 1 aliphatic carbocycles. The highest BCUT2D eigenvalue weighted by Crippen LogP contribution is 2.37. The van der Waals surface area contributed by atoms with E-state index in [2.05, 4.69) is 75.5 Å². The maximum absolute atomic E-state index is 13.3. The number of rotatable bonds is 9. The number of carbonyl (C=O) groups is 5. The first-order chi connectivity index (χ1) is 29.6. The first-order valence-electron chi connectivity index (χ1n) is 20.0. The predicted molar refractivity (Wildman–Crippen MR) is 244 cm³/mol. The maximum Gasteiger partial charge on any atom is 0.325 e. The molecule has 0 saturated carbocycles. The van der Waals surface area contributed by atoms with Gasteiger partial charge in [0.05, 0.1) is 38.0 Å². The van der Waals surface area contributed by atoms with Gasteiger partial charge in [-0.15, -0.1) is 0 Å². The fraction of sp³-hybridized carbons (Fsp3) is 0.422.